The monoisotopic (exact) mass is 557 g/mol. The highest BCUT2D eigenvalue weighted by Crippen LogP contribution is 2.49. The summed E-state index contributed by atoms with van der Waals surface area (Å²) in [4.78, 5) is 11.6. The Kier molecular flexibility index (Phi) is 6.40. The molecule has 0 spiro atoms. The van der Waals surface area contributed by atoms with E-state index in [1.165, 1.54) is 23.7 Å². The first-order valence-corrected chi connectivity index (χ1v) is 13.7. The van der Waals surface area contributed by atoms with Gasteiger partial charge in [0.1, 0.15) is 23.5 Å². The number of thioether (sulfide) groups is 1. The summed E-state index contributed by atoms with van der Waals surface area (Å²) in [7, 11) is 0. The molecule has 0 radical (unpaired) electrons. The maximum Gasteiger partial charge on any atom is 0.188 e. The number of aryl methyl sites for hydroxylation is 1. The Balaban J connectivity index is 1.52. The van der Waals surface area contributed by atoms with Crippen LogP contribution in [-0.2, 0) is 6.42 Å². The molecular weight excluding hydrogens is 532 g/mol. The highest BCUT2D eigenvalue weighted by Gasteiger charge is 2.48. The van der Waals surface area contributed by atoms with Crippen molar-refractivity contribution in [2.24, 2.45) is 4.99 Å². The fourth-order valence-corrected chi connectivity index (χ4v) is 6.56. The molecule has 3 unspecified atom stereocenters. The fraction of sp³-hybridized carbons (Fsp3) is 0.385. The number of nitrogens with zero attached hydrogens (tertiary/aromatic N) is 6. The van der Waals surface area contributed by atoms with Crippen molar-refractivity contribution in [2.45, 2.75) is 56.3 Å². The Bertz CT molecular complexity index is 1470. The number of alkyl halides is 1. The van der Waals surface area contributed by atoms with Crippen LogP contribution in [0.25, 0.3) is 5.57 Å². The van der Waals surface area contributed by atoms with Crippen LogP contribution in [0.15, 0.2) is 52.6 Å². The number of hydrogen-bond donors (Lipinski definition) is 2. The van der Waals surface area contributed by atoms with Crippen molar-refractivity contribution in [3.8, 4) is 0 Å². The van der Waals surface area contributed by atoms with Gasteiger partial charge in [-0.05, 0) is 43.9 Å². The third-order valence-electron chi connectivity index (χ3n) is 7.01. The molecule has 0 aliphatic carbocycles. The number of H-pyrrole nitrogens is 1. The molecule has 1 saturated heterocycles. The fourth-order valence-electron chi connectivity index (χ4n) is 5.34. The Morgan fingerprint density at radius 1 is 1.34 bits per heavy atom. The number of nitrogens with one attached hydrogen (secondary N) is 1. The Hall–Kier alpha value is -3.02. The maximum absolute atomic E-state index is 14.2. The van der Waals surface area contributed by atoms with Crippen LogP contribution >= 0.6 is 23.4 Å². The lowest BCUT2D eigenvalue weighted by atomic mass is 9.90. The number of amidine groups is 1. The van der Waals surface area contributed by atoms with Gasteiger partial charge in [-0.25, -0.2) is 18.4 Å². The molecule has 5 heterocycles. The van der Waals surface area contributed by atoms with E-state index in [0.717, 1.165) is 18.0 Å². The number of aliphatic imine (C=N–C) groups is 1. The minimum atomic E-state index is -1.32. The van der Waals surface area contributed by atoms with Gasteiger partial charge in [0.05, 0.1) is 23.1 Å². The molecule has 2 N–H and O–H groups in total. The molecule has 0 amide bonds. The van der Waals surface area contributed by atoms with E-state index >= 15 is 0 Å². The van der Waals surface area contributed by atoms with Crippen LogP contribution in [0.4, 0.5) is 8.78 Å². The topological polar surface area (TPSA) is 95.2 Å². The number of allylic oxidation sites excluding steroid dienone is 1. The van der Waals surface area contributed by atoms with E-state index in [-0.39, 0.29) is 23.1 Å². The molecule has 3 aromatic rings. The van der Waals surface area contributed by atoms with Crippen LogP contribution in [0, 0.1) is 12.7 Å². The van der Waals surface area contributed by atoms with Gasteiger partial charge in [-0.3, -0.25) is 10.1 Å². The largest absolute Gasteiger partial charge is 0.387 e. The summed E-state index contributed by atoms with van der Waals surface area (Å²) in [5.74, 6) is 1.56. The highest BCUT2D eigenvalue weighted by molar-refractivity contribution is 8.03. The molecule has 198 valence electrons. The molecule has 3 aliphatic rings. The second-order valence-electron chi connectivity index (χ2n) is 9.90. The molecule has 8 nitrogen and oxygen atoms in total. The maximum atomic E-state index is 14.2. The van der Waals surface area contributed by atoms with Crippen molar-refractivity contribution in [3.05, 3.63) is 81.4 Å². The lowest BCUT2D eigenvalue weighted by molar-refractivity contribution is 0.0541. The van der Waals surface area contributed by atoms with Crippen LogP contribution in [0.3, 0.4) is 0 Å². The van der Waals surface area contributed by atoms with Crippen molar-refractivity contribution in [3.63, 3.8) is 0 Å². The average molecular weight is 558 g/mol. The van der Waals surface area contributed by atoms with E-state index in [1.54, 1.807) is 30.1 Å². The number of halogens is 3. The van der Waals surface area contributed by atoms with Gasteiger partial charge in [0.25, 0.3) is 0 Å². The Labute approximate surface area is 227 Å². The zero-order valence-electron chi connectivity index (χ0n) is 20.8. The number of aliphatic hydroxyl groups is 1. The third-order valence-corrected chi connectivity index (χ3v) is 8.42. The minimum absolute atomic E-state index is 0.0461. The third kappa shape index (κ3) is 4.56. The molecular formula is C26H26ClF2N7OS. The number of benzene rings is 1. The number of hydrogen-bond acceptors (Lipinski definition) is 7. The van der Waals surface area contributed by atoms with Crippen molar-refractivity contribution in [1.82, 2.24) is 29.9 Å². The van der Waals surface area contributed by atoms with Crippen LogP contribution in [0.1, 0.15) is 55.0 Å². The van der Waals surface area contributed by atoms with E-state index in [1.807, 2.05) is 6.92 Å². The van der Waals surface area contributed by atoms with Gasteiger partial charge in [-0.15, -0.1) is 11.8 Å². The number of aromatic nitrogens is 5. The van der Waals surface area contributed by atoms with Gasteiger partial charge >= 0.3 is 0 Å². The van der Waals surface area contributed by atoms with E-state index in [0.29, 0.717) is 35.0 Å². The molecule has 12 heteroatoms. The predicted molar refractivity (Wildman–Crippen MR) is 143 cm³/mol. The number of aromatic amines is 1. The molecule has 38 heavy (non-hydrogen) atoms. The van der Waals surface area contributed by atoms with E-state index < -0.39 is 23.8 Å². The molecule has 1 fully saturated rings. The van der Waals surface area contributed by atoms with Gasteiger partial charge in [-0.1, -0.05) is 23.7 Å². The van der Waals surface area contributed by atoms with Crippen molar-refractivity contribution in [1.29, 1.82) is 0 Å². The summed E-state index contributed by atoms with van der Waals surface area (Å²) in [6.45, 7) is 3.51. The minimum Gasteiger partial charge on any atom is -0.387 e. The van der Waals surface area contributed by atoms with Gasteiger partial charge in [0.15, 0.2) is 12.1 Å². The zero-order valence-corrected chi connectivity index (χ0v) is 22.3. The second kappa shape index (κ2) is 9.62. The summed E-state index contributed by atoms with van der Waals surface area (Å²) in [5, 5.41) is 25.8. The summed E-state index contributed by atoms with van der Waals surface area (Å²) in [5.41, 5.74) is 1.51. The summed E-state index contributed by atoms with van der Waals surface area (Å²) < 4.78 is 29.4. The number of fused-ring (bicyclic) bond motifs is 1. The molecule has 2 aromatic heterocycles. The quantitative estimate of drug-likeness (QED) is 0.435. The van der Waals surface area contributed by atoms with E-state index in [2.05, 4.69) is 36.7 Å². The van der Waals surface area contributed by atoms with E-state index in [9.17, 15) is 13.9 Å². The van der Waals surface area contributed by atoms with Crippen LogP contribution in [0.5, 0.6) is 0 Å². The first-order valence-electron chi connectivity index (χ1n) is 12.3. The van der Waals surface area contributed by atoms with Crippen LogP contribution < -0.4 is 0 Å². The van der Waals surface area contributed by atoms with Crippen molar-refractivity contribution >= 4 is 34.8 Å². The Morgan fingerprint density at radius 2 is 2.18 bits per heavy atom. The normalized spacial score (nSPS) is 25.7. The molecule has 1 aromatic carbocycles. The van der Waals surface area contributed by atoms with Crippen molar-refractivity contribution < 1.29 is 13.9 Å². The standard InChI is InChI=1S/C26H26ClF2N7OS/c1-14(28)36-8-7-19(34-36)23-20-11-26(37,12-22-30-15(2)32-33-22)13-35(20)25(21-4-3-9-38-21)31-24(23)17-6-5-16(29)10-18(17)27/h3,5-10,14,21,24,37H,4,11-13H2,1-2H3,(H,30,32,33)/t14?,21?,24-,26?/m0/s1. The van der Waals surface area contributed by atoms with Gasteiger partial charge < -0.3 is 10.0 Å². The van der Waals surface area contributed by atoms with Gasteiger partial charge in [0, 0.05) is 40.9 Å². The summed E-state index contributed by atoms with van der Waals surface area (Å²) in [6, 6.07) is 5.38. The summed E-state index contributed by atoms with van der Waals surface area (Å²) >= 11 is 8.23. The van der Waals surface area contributed by atoms with Crippen LogP contribution in [-0.4, -0.2) is 58.2 Å². The number of rotatable bonds is 6. The molecule has 3 aliphatic heterocycles. The lowest BCUT2D eigenvalue weighted by Gasteiger charge is -2.35. The van der Waals surface area contributed by atoms with Crippen LogP contribution in [0.2, 0.25) is 5.02 Å². The first kappa shape index (κ1) is 25.3. The second-order valence-corrected chi connectivity index (χ2v) is 11.4. The molecule has 0 bridgehead atoms. The smallest absolute Gasteiger partial charge is 0.188 e. The Morgan fingerprint density at radius 3 is 2.84 bits per heavy atom. The first-order chi connectivity index (χ1) is 18.2. The lowest BCUT2D eigenvalue weighted by Crippen LogP contribution is -2.42. The zero-order chi connectivity index (χ0) is 26.6. The highest BCUT2D eigenvalue weighted by atomic mass is 35.5. The van der Waals surface area contributed by atoms with Gasteiger partial charge in [-0.2, -0.15) is 10.2 Å². The average Bonchev–Trinajstić information content (AvgIpc) is 3.65. The molecule has 0 saturated carbocycles. The van der Waals surface area contributed by atoms with E-state index in [4.69, 9.17) is 16.6 Å². The molecule has 4 atom stereocenters. The molecule has 6 rings (SSSR count). The predicted octanol–water partition coefficient (Wildman–Crippen LogP) is 5.15. The van der Waals surface area contributed by atoms with Crippen molar-refractivity contribution in [2.75, 3.05) is 6.54 Å². The van der Waals surface area contributed by atoms with Gasteiger partial charge in [0.2, 0.25) is 0 Å². The summed E-state index contributed by atoms with van der Waals surface area (Å²) in [6.07, 6.45) is 3.67. The SMILES string of the molecule is Cc1nc(CC2(O)CC3=C(c4ccn(C(C)F)n4)[C@H](c4ccc(F)cc4Cl)N=C(C4CC=CS4)N3C2)n[nH]1.